The van der Waals surface area contributed by atoms with Gasteiger partial charge in [0.25, 0.3) is 0 Å². The summed E-state index contributed by atoms with van der Waals surface area (Å²) < 4.78 is 1.70. The standard InChI is InChI=1S/C15H21N5/c1-12(20-10-4-3-5-11-20)13-6-8-14(9-7-13)15-16-17-18-19(15)2/h6-9,12H,3-5,10-11H2,1-2H3/t12-/m0/s1. The maximum absolute atomic E-state index is 4.04. The molecule has 1 saturated heterocycles. The molecule has 1 atom stereocenters. The zero-order valence-corrected chi connectivity index (χ0v) is 12.2. The third-order valence-electron chi connectivity index (χ3n) is 4.21. The zero-order valence-electron chi connectivity index (χ0n) is 12.2. The van der Waals surface area contributed by atoms with Crippen molar-refractivity contribution in [2.75, 3.05) is 13.1 Å². The normalized spacial score (nSPS) is 18.1. The van der Waals surface area contributed by atoms with Crippen LogP contribution in [0.15, 0.2) is 24.3 Å². The maximum atomic E-state index is 4.04. The van der Waals surface area contributed by atoms with Gasteiger partial charge in [-0.1, -0.05) is 30.7 Å². The number of benzene rings is 1. The second-order valence-corrected chi connectivity index (χ2v) is 5.52. The average molecular weight is 271 g/mol. The summed E-state index contributed by atoms with van der Waals surface area (Å²) in [4.78, 5) is 2.57. The summed E-state index contributed by atoms with van der Waals surface area (Å²) >= 11 is 0. The van der Waals surface area contributed by atoms with E-state index in [9.17, 15) is 0 Å². The number of aryl methyl sites for hydroxylation is 1. The number of hydrogen-bond donors (Lipinski definition) is 0. The third kappa shape index (κ3) is 2.58. The van der Waals surface area contributed by atoms with E-state index in [2.05, 4.69) is 51.6 Å². The minimum absolute atomic E-state index is 0.488. The highest BCUT2D eigenvalue weighted by Crippen LogP contribution is 2.25. The van der Waals surface area contributed by atoms with E-state index >= 15 is 0 Å². The molecule has 0 saturated carbocycles. The lowest BCUT2D eigenvalue weighted by Gasteiger charge is -2.32. The highest BCUT2D eigenvalue weighted by molar-refractivity contribution is 5.55. The molecule has 1 aromatic heterocycles. The van der Waals surface area contributed by atoms with Gasteiger partial charge in [-0.25, -0.2) is 4.68 Å². The van der Waals surface area contributed by atoms with Crippen molar-refractivity contribution in [3.63, 3.8) is 0 Å². The molecule has 0 spiro atoms. The minimum Gasteiger partial charge on any atom is -0.297 e. The van der Waals surface area contributed by atoms with Crippen LogP contribution in [0.1, 0.15) is 37.8 Å². The van der Waals surface area contributed by atoms with Crippen LogP contribution < -0.4 is 0 Å². The van der Waals surface area contributed by atoms with Crippen LogP contribution in [0, 0.1) is 0 Å². The van der Waals surface area contributed by atoms with E-state index in [1.54, 1.807) is 4.68 Å². The van der Waals surface area contributed by atoms with Gasteiger partial charge in [-0.3, -0.25) is 4.90 Å². The predicted molar refractivity (Wildman–Crippen MR) is 78.1 cm³/mol. The summed E-state index contributed by atoms with van der Waals surface area (Å²) in [6.07, 6.45) is 4.03. The van der Waals surface area contributed by atoms with Crippen LogP contribution in [0.3, 0.4) is 0 Å². The quantitative estimate of drug-likeness (QED) is 0.860. The van der Waals surface area contributed by atoms with Gasteiger partial charge in [0.15, 0.2) is 5.82 Å². The summed E-state index contributed by atoms with van der Waals surface area (Å²) in [6.45, 7) is 4.73. The first-order valence-electron chi connectivity index (χ1n) is 7.32. The van der Waals surface area contributed by atoms with Crippen LogP contribution in [0.2, 0.25) is 0 Å². The topological polar surface area (TPSA) is 46.8 Å². The molecule has 3 rings (SSSR count). The number of tetrazole rings is 1. The highest BCUT2D eigenvalue weighted by Gasteiger charge is 2.18. The number of aromatic nitrogens is 4. The molecule has 5 nitrogen and oxygen atoms in total. The van der Waals surface area contributed by atoms with Crippen molar-refractivity contribution in [3.8, 4) is 11.4 Å². The van der Waals surface area contributed by atoms with Crippen LogP contribution in [-0.4, -0.2) is 38.2 Å². The first-order valence-corrected chi connectivity index (χ1v) is 7.32. The molecule has 2 aromatic rings. The van der Waals surface area contributed by atoms with Crippen molar-refractivity contribution < 1.29 is 0 Å². The Hall–Kier alpha value is -1.75. The zero-order chi connectivity index (χ0) is 13.9. The van der Waals surface area contributed by atoms with Crippen LogP contribution in [0.4, 0.5) is 0 Å². The Balaban J connectivity index is 1.77. The van der Waals surface area contributed by atoms with Crippen molar-refractivity contribution in [1.29, 1.82) is 0 Å². The summed E-state index contributed by atoms with van der Waals surface area (Å²) in [5.74, 6) is 0.808. The smallest absolute Gasteiger partial charge is 0.181 e. The van der Waals surface area contributed by atoms with Crippen molar-refractivity contribution >= 4 is 0 Å². The van der Waals surface area contributed by atoms with E-state index in [1.807, 2.05) is 7.05 Å². The lowest BCUT2D eigenvalue weighted by Crippen LogP contribution is -2.32. The van der Waals surface area contributed by atoms with Gasteiger partial charge in [-0.15, -0.1) is 5.10 Å². The monoisotopic (exact) mass is 271 g/mol. The van der Waals surface area contributed by atoms with Crippen molar-refractivity contribution in [3.05, 3.63) is 29.8 Å². The first-order chi connectivity index (χ1) is 9.75. The number of rotatable bonds is 3. The molecule has 1 aliphatic rings. The number of nitrogens with zero attached hydrogens (tertiary/aromatic N) is 5. The van der Waals surface area contributed by atoms with Crippen molar-refractivity contribution in [1.82, 2.24) is 25.1 Å². The van der Waals surface area contributed by atoms with Crippen molar-refractivity contribution in [2.24, 2.45) is 7.05 Å². The van der Waals surface area contributed by atoms with Gasteiger partial charge in [0, 0.05) is 18.7 Å². The molecule has 20 heavy (non-hydrogen) atoms. The lowest BCUT2D eigenvalue weighted by molar-refractivity contribution is 0.175. The number of hydrogen-bond acceptors (Lipinski definition) is 4. The summed E-state index contributed by atoms with van der Waals surface area (Å²) in [6, 6.07) is 9.11. The van der Waals surface area contributed by atoms with Crippen LogP contribution in [-0.2, 0) is 7.05 Å². The largest absolute Gasteiger partial charge is 0.297 e. The van der Waals surface area contributed by atoms with Gasteiger partial charge < -0.3 is 0 Å². The van der Waals surface area contributed by atoms with Crippen LogP contribution in [0.5, 0.6) is 0 Å². The second-order valence-electron chi connectivity index (χ2n) is 5.52. The first kappa shape index (κ1) is 13.2. The van der Waals surface area contributed by atoms with Crippen molar-refractivity contribution in [2.45, 2.75) is 32.2 Å². The molecular formula is C15H21N5. The lowest BCUT2D eigenvalue weighted by atomic mass is 10.0. The Morgan fingerprint density at radius 2 is 1.75 bits per heavy atom. The van der Waals surface area contributed by atoms with E-state index in [-0.39, 0.29) is 0 Å². The highest BCUT2D eigenvalue weighted by atomic mass is 15.5. The molecule has 1 aromatic carbocycles. The van der Waals surface area contributed by atoms with Gasteiger partial charge in [-0.2, -0.15) is 0 Å². The third-order valence-corrected chi connectivity index (χ3v) is 4.21. The Bertz CT molecular complexity index is 554. The molecule has 1 fully saturated rings. The molecular weight excluding hydrogens is 250 g/mol. The van der Waals surface area contributed by atoms with Crippen LogP contribution >= 0.6 is 0 Å². The number of piperidine rings is 1. The molecule has 5 heteroatoms. The fourth-order valence-corrected chi connectivity index (χ4v) is 2.90. The van der Waals surface area contributed by atoms with Gasteiger partial charge in [0.2, 0.25) is 0 Å². The molecule has 1 aliphatic heterocycles. The molecule has 0 radical (unpaired) electrons. The van der Waals surface area contributed by atoms with E-state index < -0.39 is 0 Å². The van der Waals surface area contributed by atoms with E-state index in [4.69, 9.17) is 0 Å². The minimum atomic E-state index is 0.488. The summed E-state index contributed by atoms with van der Waals surface area (Å²) in [7, 11) is 1.86. The van der Waals surface area contributed by atoms with Gasteiger partial charge in [-0.05, 0) is 48.8 Å². The molecule has 0 bridgehead atoms. The Kier molecular flexibility index (Phi) is 3.78. The van der Waals surface area contributed by atoms with Gasteiger partial charge >= 0.3 is 0 Å². The fraction of sp³-hybridized carbons (Fsp3) is 0.533. The Morgan fingerprint density at radius 1 is 1.05 bits per heavy atom. The molecule has 2 heterocycles. The van der Waals surface area contributed by atoms with Gasteiger partial charge in [0.05, 0.1) is 0 Å². The number of likely N-dealkylation sites (tertiary alicyclic amines) is 1. The molecule has 0 N–H and O–H groups in total. The fourth-order valence-electron chi connectivity index (χ4n) is 2.90. The SMILES string of the molecule is C[C@@H](c1ccc(-c2nnnn2C)cc1)N1CCCCC1. The summed E-state index contributed by atoms with van der Waals surface area (Å²) in [5, 5.41) is 11.6. The molecule has 106 valence electrons. The second kappa shape index (κ2) is 5.71. The van der Waals surface area contributed by atoms with Crippen LogP contribution in [0.25, 0.3) is 11.4 Å². The van der Waals surface area contributed by atoms with E-state index in [1.165, 1.54) is 37.9 Å². The average Bonchev–Trinajstić information content (AvgIpc) is 2.94. The molecule has 0 aliphatic carbocycles. The predicted octanol–water partition coefficient (Wildman–Crippen LogP) is 2.42. The Morgan fingerprint density at radius 3 is 2.35 bits per heavy atom. The Labute approximate surface area is 119 Å². The molecule has 0 unspecified atom stereocenters. The summed E-state index contributed by atoms with van der Waals surface area (Å²) in [5.41, 5.74) is 2.43. The maximum Gasteiger partial charge on any atom is 0.181 e. The van der Waals surface area contributed by atoms with E-state index in [0.29, 0.717) is 6.04 Å². The molecule has 0 amide bonds. The van der Waals surface area contributed by atoms with E-state index in [0.717, 1.165) is 11.4 Å². The van der Waals surface area contributed by atoms with Gasteiger partial charge in [0.1, 0.15) is 0 Å².